The average molecular weight is 585 g/mol. The molecule has 3 heterocycles. The van der Waals surface area contributed by atoms with Crippen LogP contribution in [0.15, 0.2) is 60.0 Å². The van der Waals surface area contributed by atoms with Crippen molar-refractivity contribution in [1.29, 1.82) is 0 Å². The van der Waals surface area contributed by atoms with Crippen LogP contribution in [-0.2, 0) is 13.0 Å². The lowest BCUT2D eigenvalue weighted by molar-refractivity contribution is 0.0691. The molecule has 4 aromatic rings. The second-order valence-electron chi connectivity index (χ2n) is 11.3. The molecule has 0 fully saturated rings. The number of thiophene rings is 1. The van der Waals surface area contributed by atoms with Crippen LogP contribution < -0.4 is 21.1 Å². The van der Waals surface area contributed by atoms with Crippen LogP contribution in [0.25, 0.3) is 21.6 Å². The number of anilines is 1. The molecule has 0 saturated heterocycles. The minimum absolute atomic E-state index is 0.0272. The average Bonchev–Trinajstić information content (AvgIpc) is 3.36. The first kappa shape index (κ1) is 29.0. The lowest BCUT2D eigenvalue weighted by Crippen LogP contribution is -2.33. The zero-order valence-electron chi connectivity index (χ0n) is 23.6. The Bertz CT molecular complexity index is 1670. The SMILES string of the molecule is CC(C)(C)CNC(=O)c1ccc(-c2cc3c(cc2C(=O)Nc2ccc(CN)cc2)-c2sccc2CCO3)c(C(=O)O)n1. The standard InChI is InChI=1S/C32H32N4O5S/c1-32(2,3)17-34-30(38)25-9-8-21(27(36-25)31(39)40)22-15-26-24(28-19(10-12-41-26)11-13-42-28)14-23(22)29(37)35-20-6-4-18(16-33)5-7-20/h4-9,11,13-15H,10,12,16-17,33H2,1-3H3,(H,34,38)(H,35,37)(H,39,40). The van der Waals surface area contributed by atoms with Crippen molar-refractivity contribution < 1.29 is 24.2 Å². The molecule has 0 unspecified atom stereocenters. The van der Waals surface area contributed by atoms with Gasteiger partial charge < -0.3 is 26.2 Å². The summed E-state index contributed by atoms with van der Waals surface area (Å²) in [7, 11) is 0. The number of nitrogens with one attached hydrogen (secondary N) is 2. The maximum Gasteiger partial charge on any atom is 0.355 e. The number of carbonyl (C=O) groups excluding carboxylic acids is 2. The zero-order valence-corrected chi connectivity index (χ0v) is 24.4. The summed E-state index contributed by atoms with van der Waals surface area (Å²) in [5, 5.41) is 17.9. The molecule has 0 saturated carbocycles. The second kappa shape index (κ2) is 11.8. The molecule has 9 nitrogen and oxygen atoms in total. The Balaban J connectivity index is 1.62. The number of hydrogen-bond donors (Lipinski definition) is 4. The molecule has 5 rings (SSSR count). The van der Waals surface area contributed by atoms with Crippen molar-refractivity contribution in [2.24, 2.45) is 11.1 Å². The van der Waals surface area contributed by atoms with Crippen molar-refractivity contribution in [1.82, 2.24) is 10.3 Å². The first-order valence-electron chi connectivity index (χ1n) is 13.5. The largest absolute Gasteiger partial charge is 0.493 e. The van der Waals surface area contributed by atoms with Crippen molar-refractivity contribution in [3.05, 3.63) is 88.1 Å². The number of aromatic carboxylic acids is 1. The van der Waals surface area contributed by atoms with Crippen molar-refractivity contribution in [2.45, 2.75) is 33.7 Å². The number of hydrogen-bond acceptors (Lipinski definition) is 7. The molecule has 2 amide bonds. The van der Waals surface area contributed by atoms with Gasteiger partial charge in [-0.1, -0.05) is 32.9 Å². The van der Waals surface area contributed by atoms with Crippen LogP contribution in [0, 0.1) is 5.41 Å². The summed E-state index contributed by atoms with van der Waals surface area (Å²) in [6.45, 7) is 7.14. The van der Waals surface area contributed by atoms with Crippen LogP contribution in [0.1, 0.15) is 63.2 Å². The van der Waals surface area contributed by atoms with E-state index >= 15 is 0 Å². The van der Waals surface area contributed by atoms with Crippen LogP contribution in [-0.4, -0.2) is 41.0 Å². The van der Waals surface area contributed by atoms with Crippen LogP contribution in [0.3, 0.4) is 0 Å². The van der Waals surface area contributed by atoms with Crippen LogP contribution in [0.4, 0.5) is 5.69 Å². The van der Waals surface area contributed by atoms with Crippen molar-refractivity contribution in [3.63, 3.8) is 0 Å². The minimum Gasteiger partial charge on any atom is -0.493 e. The van der Waals surface area contributed by atoms with E-state index in [2.05, 4.69) is 15.6 Å². The topological polar surface area (TPSA) is 144 Å². The summed E-state index contributed by atoms with van der Waals surface area (Å²) >= 11 is 1.56. The molecule has 0 bridgehead atoms. The molecule has 10 heteroatoms. The summed E-state index contributed by atoms with van der Waals surface area (Å²) < 4.78 is 6.09. The molecule has 42 heavy (non-hydrogen) atoms. The number of carbonyl (C=O) groups is 3. The maximum atomic E-state index is 13.8. The first-order chi connectivity index (χ1) is 20.0. The lowest BCUT2D eigenvalue weighted by atomic mass is 9.93. The fraction of sp³-hybridized carbons (Fsp3) is 0.250. The van der Waals surface area contributed by atoms with E-state index in [1.54, 1.807) is 35.6 Å². The fourth-order valence-corrected chi connectivity index (χ4v) is 5.63. The van der Waals surface area contributed by atoms with Gasteiger partial charge in [-0.3, -0.25) is 9.59 Å². The van der Waals surface area contributed by atoms with E-state index in [0.717, 1.165) is 21.6 Å². The van der Waals surface area contributed by atoms with Gasteiger partial charge in [-0.2, -0.15) is 0 Å². The van der Waals surface area contributed by atoms with E-state index in [-0.39, 0.29) is 27.9 Å². The van der Waals surface area contributed by atoms with Gasteiger partial charge >= 0.3 is 5.97 Å². The van der Waals surface area contributed by atoms with Gasteiger partial charge in [0.1, 0.15) is 11.4 Å². The van der Waals surface area contributed by atoms with Crippen LogP contribution in [0.2, 0.25) is 0 Å². The number of amides is 2. The molecular formula is C32H32N4O5S. The molecule has 0 spiro atoms. The van der Waals surface area contributed by atoms with Crippen LogP contribution >= 0.6 is 11.3 Å². The van der Waals surface area contributed by atoms with Gasteiger partial charge in [0.25, 0.3) is 11.8 Å². The van der Waals surface area contributed by atoms with Gasteiger partial charge in [-0.15, -0.1) is 11.3 Å². The number of aromatic nitrogens is 1. The molecule has 5 N–H and O–H groups in total. The highest BCUT2D eigenvalue weighted by atomic mass is 32.1. The predicted octanol–water partition coefficient (Wildman–Crippen LogP) is 5.60. The predicted molar refractivity (Wildman–Crippen MR) is 163 cm³/mol. The number of nitrogens with two attached hydrogens (primary N) is 1. The van der Waals surface area contributed by atoms with Crippen LogP contribution in [0.5, 0.6) is 5.75 Å². The summed E-state index contributed by atoms with van der Waals surface area (Å²) in [6.07, 6.45) is 0.707. The third-order valence-corrected chi connectivity index (χ3v) is 7.82. The molecule has 2 aromatic heterocycles. The van der Waals surface area contributed by atoms with E-state index in [1.807, 2.05) is 44.4 Å². The Morgan fingerprint density at radius 3 is 2.45 bits per heavy atom. The smallest absolute Gasteiger partial charge is 0.355 e. The number of ether oxygens (including phenoxy) is 1. The van der Waals surface area contributed by atoms with Gasteiger partial charge in [0, 0.05) is 52.3 Å². The van der Waals surface area contributed by atoms with Gasteiger partial charge in [-0.25, -0.2) is 9.78 Å². The van der Waals surface area contributed by atoms with E-state index in [0.29, 0.717) is 43.1 Å². The van der Waals surface area contributed by atoms with E-state index in [4.69, 9.17) is 10.5 Å². The number of rotatable bonds is 7. The highest BCUT2D eigenvalue weighted by molar-refractivity contribution is 7.13. The molecule has 2 aromatic carbocycles. The lowest BCUT2D eigenvalue weighted by Gasteiger charge is -2.19. The third kappa shape index (κ3) is 6.19. The van der Waals surface area contributed by atoms with Gasteiger partial charge in [0.2, 0.25) is 0 Å². The summed E-state index contributed by atoms with van der Waals surface area (Å²) in [4.78, 5) is 44.3. The Hall–Kier alpha value is -4.54. The number of carboxylic acids is 1. The van der Waals surface area contributed by atoms with E-state index < -0.39 is 17.8 Å². The number of carboxylic acid groups (broad SMARTS) is 1. The molecule has 0 atom stereocenters. The number of nitrogens with zero attached hydrogens (tertiary/aromatic N) is 1. The zero-order chi connectivity index (χ0) is 30.0. The van der Waals surface area contributed by atoms with Gasteiger partial charge in [0.05, 0.1) is 6.61 Å². The summed E-state index contributed by atoms with van der Waals surface area (Å²) in [5.41, 5.74) is 9.31. The van der Waals surface area contributed by atoms with Crippen molar-refractivity contribution >= 4 is 34.8 Å². The van der Waals surface area contributed by atoms with Gasteiger partial charge in [-0.05, 0) is 64.4 Å². The monoisotopic (exact) mass is 584 g/mol. The summed E-state index contributed by atoms with van der Waals surface area (Å²) in [6, 6.07) is 15.6. The quantitative estimate of drug-likeness (QED) is 0.221. The first-order valence-corrected chi connectivity index (χ1v) is 14.4. The number of pyridine rings is 1. The van der Waals surface area contributed by atoms with Gasteiger partial charge in [0.15, 0.2) is 5.69 Å². The fourth-order valence-electron chi connectivity index (χ4n) is 4.65. The van der Waals surface area contributed by atoms with E-state index in [1.165, 1.54) is 12.1 Å². The molecule has 0 radical (unpaired) electrons. The highest BCUT2D eigenvalue weighted by Gasteiger charge is 2.27. The molecule has 1 aliphatic heterocycles. The Morgan fingerprint density at radius 1 is 1.00 bits per heavy atom. The maximum absolute atomic E-state index is 13.8. The molecule has 1 aliphatic rings. The second-order valence-corrected chi connectivity index (χ2v) is 12.2. The summed E-state index contributed by atoms with van der Waals surface area (Å²) in [5.74, 6) is -1.69. The third-order valence-electron chi connectivity index (χ3n) is 6.83. The Morgan fingerprint density at radius 2 is 1.76 bits per heavy atom. The Kier molecular flexibility index (Phi) is 8.11. The highest BCUT2D eigenvalue weighted by Crippen LogP contribution is 2.43. The Labute approximate surface area is 247 Å². The van der Waals surface area contributed by atoms with Crippen molar-refractivity contribution in [2.75, 3.05) is 18.5 Å². The molecule has 0 aliphatic carbocycles. The number of benzene rings is 2. The molecular weight excluding hydrogens is 552 g/mol. The minimum atomic E-state index is -1.32. The normalized spacial score (nSPS) is 12.4. The number of fused-ring (bicyclic) bond motifs is 3. The van der Waals surface area contributed by atoms with Crippen molar-refractivity contribution in [3.8, 4) is 27.3 Å². The van der Waals surface area contributed by atoms with E-state index in [9.17, 15) is 19.5 Å². The molecule has 216 valence electrons.